The smallest absolute Gasteiger partial charge is 0.0738 e. The van der Waals surface area contributed by atoms with E-state index >= 15 is 0 Å². The van der Waals surface area contributed by atoms with Gasteiger partial charge >= 0.3 is 0 Å². The van der Waals surface area contributed by atoms with E-state index in [-0.39, 0.29) is 6.04 Å². The third-order valence-electron chi connectivity index (χ3n) is 3.39. The number of hydrazine groups is 1. The van der Waals surface area contributed by atoms with Gasteiger partial charge in [0.05, 0.1) is 21.9 Å². The van der Waals surface area contributed by atoms with Crippen LogP contribution in [0.15, 0.2) is 10.5 Å². The van der Waals surface area contributed by atoms with Crippen molar-refractivity contribution in [3.05, 3.63) is 37.2 Å². The van der Waals surface area contributed by atoms with Crippen LogP contribution in [0.1, 0.15) is 32.7 Å². The second-order valence-electron chi connectivity index (χ2n) is 4.78. The van der Waals surface area contributed by atoms with Crippen molar-refractivity contribution in [1.82, 2.24) is 15.2 Å². The monoisotopic (exact) mass is 342 g/mol. The Balaban J connectivity index is 2.29. The Labute approximate surface area is 126 Å². The van der Waals surface area contributed by atoms with Crippen molar-refractivity contribution < 1.29 is 0 Å². The Morgan fingerprint density at radius 1 is 1.47 bits per heavy atom. The number of aromatic nitrogens is 2. The Morgan fingerprint density at radius 2 is 2.16 bits per heavy atom. The van der Waals surface area contributed by atoms with Crippen LogP contribution in [0.5, 0.6) is 0 Å². The van der Waals surface area contributed by atoms with Crippen molar-refractivity contribution in [2.24, 2.45) is 12.9 Å². The standard InChI is InChI=1S/C13H19BrN4S/c1-7-5-12(19-9(7)3)10(16-15)6-11-13(14)8(2)17-18(11)4/h5,10,16H,6,15H2,1-4H3. The van der Waals surface area contributed by atoms with Gasteiger partial charge in [-0.05, 0) is 48.3 Å². The van der Waals surface area contributed by atoms with Gasteiger partial charge in [-0.2, -0.15) is 5.10 Å². The Hall–Kier alpha value is -0.690. The molecular weight excluding hydrogens is 324 g/mol. The van der Waals surface area contributed by atoms with Gasteiger partial charge in [-0.25, -0.2) is 0 Å². The topological polar surface area (TPSA) is 55.9 Å². The number of hydrogen-bond donors (Lipinski definition) is 2. The fraction of sp³-hybridized carbons (Fsp3) is 0.462. The molecule has 0 fully saturated rings. The highest BCUT2D eigenvalue weighted by atomic mass is 79.9. The van der Waals surface area contributed by atoms with E-state index in [2.05, 4.69) is 46.4 Å². The predicted octanol–water partition coefficient (Wildman–Crippen LogP) is 2.92. The van der Waals surface area contributed by atoms with E-state index in [0.717, 1.165) is 22.3 Å². The molecule has 19 heavy (non-hydrogen) atoms. The van der Waals surface area contributed by atoms with Gasteiger partial charge in [0.15, 0.2) is 0 Å². The summed E-state index contributed by atoms with van der Waals surface area (Å²) in [6.45, 7) is 6.27. The number of hydrogen-bond acceptors (Lipinski definition) is 4. The number of nitrogens with one attached hydrogen (secondary N) is 1. The van der Waals surface area contributed by atoms with E-state index in [1.54, 1.807) is 11.3 Å². The van der Waals surface area contributed by atoms with Crippen LogP contribution in [0.3, 0.4) is 0 Å². The molecule has 0 saturated carbocycles. The Kier molecular flexibility index (Phi) is 4.45. The summed E-state index contributed by atoms with van der Waals surface area (Å²) >= 11 is 5.40. The summed E-state index contributed by atoms with van der Waals surface area (Å²) in [7, 11) is 1.96. The van der Waals surface area contributed by atoms with Crippen molar-refractivity contribution in [1.29, 1.82) is 0 Å². The fourth-order valence-corrected chi connectivity index (χ4v) is 3.71. The van der Waals surface area contributed by atoms with Crippen LogP contribution in [-0.2, 0) is 13.5 Å². The lowest BCUT2D eigenvalue weighted by atomic mass is 10.1. The van der Waals surface area contributed by atoms with Crippen molar-refractivity contribution in [2.75, 3.05) is 0 Å². The number of halogens is 1. The number of rotatable bonds is 4. The highest BCUT2D eigenvalue weighted by Crippen LogP contribution is 2.30. The van der Waals surface area contributed by atoms with Gasteiger partial charge in [-0.3, -0.25) is 16.0 Å². The second-order valence-corrected chi connectivity index (χ2v) is 6.86. The minimum Gasteiger partial charge on any atom is -0.271 e. The summed E-state index contributed by atoms with van der Waals surface area (Å²) in [5.41, 5.74) is 6.40. The maximum atomic E-state index is 5.73. The lowest BCUT2D eigenvalue weighted by molar-refractivity contribution is 0.536. The first kappa shape index (κ1) is 14.7. The lowest BCUT2D eigenvalue weighted by Crippen LogP contribution is -2.29. The van der Waals surface area contributed by atoms with Crippen LogP contribution in [-0.4, -0.2) is 9.78 Å². The molecule has 104 valence electrons. The molecule has 2 aromatic rings. The van der Waals surface area contributed by atoms with Crippen LogP contribution < -0.4 is 11.3 Å². The third kappa shape index (κ3) is 2.91. The predicted molar refractivity (Wildman–Crippen MR) is 83.2 cm³/mol. The molecule has 2 heterocycles. The first-order valence-corrected chi connectivity index (χ1v) is 7.76. The number of nitrogens with zero attached hydrogens (tertiary/aromatic N) is 2. The summed E-state index contributed by atoms with van der Waals surface area (Å²) < 4.78 is 2.98. The Bertz CT molecular complexity index is 568. The molecule has 0 aromatic carbocycles. The molecule has 0 radical (unpaired) electrons. The van der Waals surface area contributed by atoms with Crippen molar-refractivity contribution in [3.63, 3.8) is 0 Å². The SMILES string of the molecule is Cc1cc(C(Cc2c(Br)c(C)nn2C)NN)sc1C. The van der Waals surface area contributed by atoms with E-state index in [4.69, 9.17) is 5.84 Å². The molecule has 0 bridgehead atoms. The van der Waals surface area contributed by atoms with Gasteiger partial charge < -0.3 is 0 Å². The molecule has 0 aliphatic heterocycles. The van der Waals surface area contributed by atoms with Gasteiger partial charge in [0.25, 0.3) is 0 Å². The van der Waals surface area contributed by atoms with Crippen LogP contribution in [0.25, 0.3) is 0 Å². The van der Waals surface area contributed by atoms with E-state index in [9.17, 15) is 0 Å². The van der Waals surface area contributed by atoms with Crippen molar-refractivity contribution in [2.45, 2.75) is 33.2 Å². The summed E-state index contributed by atoms with van der Waals surface area (Å²) in [5, 5.41) is 4.42. The molecule has 0 saturated heterocycles. The molecule has 0 amide bonds. The van der Waals surface area contributed by atoms with Crippen LogP contribution in [0.4, 0.5) is 0 Å². The zero-order valence-corrected chi connectivity index (χ0v) is 14.0. The highest BCUT2D eigenvalue weighted by molar-refractivity contribution is 9.10. The number of nitrogens with two attached hydrogens (primary N) is 1. The summed E-state index contributed by atoms with van der Waals surface area (Å²) in [4.78, 5) is 2.61. The average molecular weight is 343 g/mol. The van der Waals surface area contributed by atoms with Crippen LogP contribution >= 0.6 is 27.3 Å². The fourth-order valence-electron chi connectivity index (χ4n) is 2.11. The Morgan fingerprint density at radius 3 is 2.58 bits per heavy atom. The largest absolute Gasteiger partial charge is 0.271 e. The van der Waals surface area contributed by atoms with Crippen LogP contribution in [0.2, 0.25) is 0 Å². The molecule has 3 N–H and O–H groups in total. The van der Waals surface area contributed by atoms with E-state index in [0.29, 0.717) is 0 Å². The summed E-state index contributed by atoms with van der Waals surface area (Å²) in [5.74, 6) is 5.73. The summed E-state index contributed by atoms with van der Waals surface area (Å²) in [6, 6.07) is 2.32. The van der Waals surface area contributed by atoms with Gasteiger partial charge in [-0.1, -0.05) is 0 Å². The van der Waals surface area contributed by atoms with E-state index in [1.165, 1.54) is 15.3 Å². The molecule has 1 unspecified atom stereocenters. The number of thiophene rings is 1. The number of aryl methyl sites for hydroxylation is 4. The third-order valence-corrected chi connectivity index (χ3v) is 5.69. The highest BCUT2D eigenvalue weighted by Gasteiger charge is 2.19. The first-order chi connectivity index (χ1) is 8.93. The van der Waals surface area contributed by atoms with Gasteiger partial charge in [-0.15, -0.1) is 11.3 Å². The van der Waals surface area contributed by atoms with Crippen molar-refractivity contribution >= 4 is 27.3 Å². The maximum Gasteiger partial charge on any atom is 0.0738 e. The molecular formula is C13H19BrN4S. The molecule has 0 aliphatic carbocycles. The first-order valence-electron chi connectivity index (χ1n) is 6.15. The zero-order valence-electron chi connectivity index (χ0n) is 11.6. The van der Waals surface area contributed by atoms with Gasteiger partial charge in [0, 0.05) is 23.2 Å². The molecule has 6 heteroatoms. The quantitative estimate of drug-likeness (QED) is 0.663. The van der Waals surface area contributed by atoms with Gasteiger partial charge in [0.1, 0.15) is 0 Å². The van der Waals surface area contributed by atoms with E-state index < -0.39 is 0 Å². The minimum absolute atomic E-state index is 0.114. The van der Waals surface area contributed by atoms with E-state index in [1.807, 2.05) is 18.7 Å². The molecule has 1 atom stereocenters. The molecule has 2 aromatic heterocycles. The minimum atomic E-state index is 0.114. The van der Waals surface area contributed by atoms with Gasteiger partial charge in [0.2, 0.25) is 0 Å². The normalized spacial score (nSPS) is 12.9. The molecule has 2 rings (SSSR count). The van der Waals surface area contributed by atoms with Crippen LogP contribution in [0, 0.1) is 20.8 Å². The average Bonchev–Trinajstić information content (AvgIpc) is 2.80. The molecule has 0 spiro atoms. The lowest BCUT2D eigenvalue weighted by Gasteiger charge is -2.14. The second kappa shape index (κ2) is 5.75. The maximum absolute atomic E-state index is 5.73. The molecule has 0 aliphatic rings. The zero-order chi connectivity index (χ0) is 14.2. The summed E-state index contributed by atoms with van der Waals surface area (Å²) in [6.07, 6.45) is 0.813. The van der Waals surface area contributed by atoms with Crippen molar-refractivity contribution in [3.8, 4) is 0 Å². The molecule has 4 nitrogen and oxygen atoms in total.